The van der Waals surface area contributed by atoms with E-state index in [-0.39, 0.29) is 36.3 Å². The quantitative estimate of drug-likeness (QED) is 0.878. The van der Waals surface area contributed by atoms with Crippen molar-refractivity contribution in [3.63, 3.8) is 0 Å². The summed E-state index contributed by atoms with van der Waals surface area (Å²) < 4.78 is 0. The van der Waals surface area contributed by atoms with Gasteiger partial charge in [0.05, 0.1) is 0 Å². The molecule has 0 amide bonds. The fourth-order valence-corrected chi connectivity index (χ4v) is 2.87. The van der Waals surface area contributed by atoms with Crippen LogP contribution in [0.25, 0.3) is 0 Å². The maximum absolute atomic E-state index is 10.1. The standard InChI is InChI=1S/C15H24N2O.2ClH/c1-15(2,3)14(17-10-8-16-9-11-17)12-6-4-5-7-13(12)18;;/h4-7,14,16,18H,8-11H2,1-3H3;2*1H/t14-;;/m0../s1. The van der Waals surface area contributed by atoms with Crippen LogP contribution in [0.2, 0.25) is 0 Å². The van der Waals surface area contributed by atoms with Crippen LogP contribution in [-0.2, 0) is 0 Å². The predicted octanol–water partition coefficient (Wildman–Crippen LogP) is 3.23. The molecule has 1 fully saturated rings. The fourth-order valence-electron chi connectivity index (χ4n) is 2.87. The van der Waals surface area contributed by atoms with Crippen LogP contribution in [0.5, 0.6) is 5.75 Å². The smallest absolute Gasteiger partial charge is 0.120 e. The van der Waals surface area contributed by atoms with Crippen molar-refractivity contribution in [2.24, 2.45) is 5.41 Å². The average molecular weight is 321 g/mol. The lowest BCUT2D eigenvalue weighted by Gasteiger charge is -2.42. The molecule has 1 saturated heterocycles. The van der Waals surface area contributed by atoms with Crippen LogP contribution in [-0.4, -0.2) is 36.2 Å². The third-order valence-corrected chi connectivity index (χ3v) is 3.57. The molecule has 1 aromatic rings. The van der Waals surface area contributed by atoms with E-state index in [1.807, 2.05) is 18.2 Å². The Morgan fingerprint density at radius 2 is 1.65 bits per heavy atom. The minimum atomic E-state index is 0. The number of halogens is 2. The van der Waals surface area contributed by atoms with Gasteiger partial charge in [-0.2, -0.15) is 0 Å². The minimum Gasteiger partial charge on any atom is -0.508 e. The van der Waals surface area contributed by atoms with Crippen LogP contribution < -0.4 is 5.32 Å². The first kappa shape index (κ1) is 19.5. The Morgan fingerprint density at radius 1 is 1.10 bits per heavy atom. The van der Waals surface area contributed by atoms with Crippen molar-refractivity contribution in [3.8, 4) is 5.75 Å². The maximum Gasteiger partial charge on any atom is 0.120 e. The molecule has 0 spiro atoms. The first-order valence-corrected chi connectivity index (χ1v) is 6.73. The van der Waals surface area contributed by atoms with E-state index < -0.39 is 0 Å². The number of para-hydroxylation sites is 1. The molecule has 2 rings (SSSR count). The second-order valence-electron chi connectivity index (χ2n) is 6.11. The molecule has 0 aromatic heterocycles. The highest BCUT2D eigenvalue weighted by Crippen LogP contribution is 2.41. The topological polar surface area (TPSA) is 35.5 Å². The summed E-state index contributed by atoms with van der Waals surface area (Å²) in [6, 6.07) is 8.00. The lowest BCUT2D eigenvalue weighted by molar-refractivity contribution is 0.0842. The summed E-state index contributed by atoms with van der Waals surface area (Å²) in [5.74, 6) is 0.413. The minimum absolute atomic E-state index is 0. The van der Waals surface area contributed by atoms with Gasteiger partial charge < -0.3 is 10.4 Å². The maximum atomic E-state index is 10.1. The third-order valence-electron chi connectivity index (χ3n) is 3.57. The van der Waals surface area contributed by atoms with Crippen LogP contribution in [0.3, 0.4) is 0 Å². The molecule has 0 unspecified atom stereocenters. The molecule has 0 bridgehead atoms. The summed E-state index contributed by atoms with van der Waals surface area (Å²) in [5, 5.41) is 13.5. The molecular weight excluding hydrogens is 295 g/mol. The Kier molecular flexibility index (Phi) is 7.89. The number of nitrogens with zero attached hydrogens (tertiary/aromatic N) is 1. The lowest BCUT2D eigenvalue weighted by atomic mass is 9.80. The highest BCUT2D eigenvalue weighted by molar-refractivity contribution is 5.85. The van der Waals surface area contributed by atoms with Crippen LogP contribution >= 0.6 is 24.8 Å². The Labute approximate surface area is 134 Å². The van der Waals surface area contributed by atoms with E-state index >= 15 is 0 Å². The van der Waals surface area contributed by atoms with Gasteiger partial charge in [0.25, 0.3) is 0 Å². The zero-order valence-corrected chi connectivity index (χ0v) is 14.1. The zero-order valence-electron chi connectivity index (χ0n) is 12.4. The van der Waals surface area contributed by atoms with Gasteiger partial charge >= 0.3 is 0 Å². The van der Waals surface area contributed by atoms with Gasteiger partial charge in [-0.25, -0.2) is 0 Å². The van der Waals surface area contributed by atoms with E-state index in [1.165, 1.54) is 0 Å². The molecule has 1 heterocycles. The van der Waals surface area contributed by atoms with E-state index in [2.05, 4.69) is 31.0 Å². The highest BCUT2D eigenvalue weighted by atomic mass is 35.5. The number of piperazine rings is 1. The van der Waals surface area contributed by atoms with Crippen LogP contribution in [0.1, 0.15) is 32.4 Å². The monoisotopic (exact) mass is 320 g/mol. The van der Waals surface area contributed by atoms with Crippen LogP contribution in [0, 0.1) is 5.41 Å². The molecule has 1 atom stereocenters. The van der Waals surface area contributed by atoms with Crippen molar-refractivity contribution in [1.29, 1.82) is 0 Å². The summed E-state index contributed by atoms with van der Waals surface area (Å²) in [4.78, 5) is 2.48. The average Bonchev–Trinajstić information content (AvgIpc) is 2.32. The molecule has 116 valence electrons. The number of phenolic OH excluding ortho intramolecular Hbond substituents is 1. The van der Waals surface area contributed by atoms with E-state index in [4.69, 9.17) is 0 Å². The number of nitrogens with one attached hydrogen (secondary N) is 1. The second kappa shape index (κ2) is 8.08. The van der Waals surface area contributed by atoms with Crippen LogP contribution in [0.15, 0.2) is 24.3 Å². The molecule has 0 radical (unpaired) electrons. The van der Waals surface area contributed by atoms with Gasteiger partial charge in [0.1, 0.15) is 5.75 Å². The number of benzene rings is 1. The predicted molar refractivity (Wildman–Crippen MR) is 89.2 cm³/mol. The van der Waals surface area contributed by atoms with Gasteiger partial charge in [0, 0.05) is 37.8 Å². The Hall–Kier alpha value is -0.480. The molecule has 1 aliphatic rings. The molecule has 2 N–H and O–H groups in total. The van der Waals surface area contributed by atoms with Crippen molar-refractivity contribution in [2.45, 2.75) is 26.8 Å². The van der Waals surface area contributed by atoms with E-state index in [0.29, 0.717) is 5.75 Å². The molecule has 5 heteroatoms. The number of phenols is 1. The highest BCUT2D eigenvalue weighted by Gasteiger charge is 2.33. The summed E-state index contributed by atoms with van der Waals surface area (Å²) in [6.45, 7) is 10.9. The fraction of sp³-hybridized carbons (Fsp3) is 0.600. The van der Waals surface area contributed by atoms with Crippen molar-refractivity contribution < 1.29 is 5.11 Å². The summed E-state index contributed by atoms with van der Waals surface area (Å²) in [7, 11) is 0. The molecule has 20 heavy (non-hydrogen) atoms. The Bertz CT molecular complexity index is 401. The largest absolute Gasteiger partial charge is 0.508 e. The Morgan fingerprint density at radius 3 is 2.15 bits per heavy atom. The van der Waals surface area contributed by atoms with Crippen molar-refractivity contribution >= 4 is 24.8 Å². The molecule has 0 saturated carbocycles. The van der Waals surface area contributed by atoms with Crippen molar-refractivity contribution in [2.75, 3.05) is 26.2 Å². The first-order valence-electron chi connectivity index (χ1n) is 6.73. The molecule has 1 aromatic carbocycles. The van der Waals surface area contributed by atoms with Crippen molar-refractivity contribution in [1.82, 2.24) is 10.2 Å². The first-order chi connectivity index (χ1) is 8.50. The van der Waals surface area contributed by atoms with E-state index in [1.54, 1.807) is 6.07 Å². The van der Waals surface area contributed by atoms with Gasteiger partial charge in [-0.05, 0) is 11.5 Å². The number of aromatic hydroxyl groups is 1. The molecule has 3 nitrogen and oxygen atoms in total. The summed E-state index contributed by atoms with van der Waals surface area (Å²) in [6.07, 6.45) is 0. The van der Waals surface area contributed by atoms with E-state index in [0.717, 1.165) is 31.7 Å². The SMILES string of the molecule is CC(C)(C)[C@H](c1ccccc1O)N1CCNCC1.Cl.Cl. The third kappa shape index (κ3) is 4.52. The number of hydrogen-bond donors (Lipinski definition) is 2. The second-order valence-corrected chi connectivity index (χ2v) is 6.11. The van der Waals surface area contributed by atoms with Gasteiger partial charge in [-0.15, -0.1) is 24.8 Å². The molecule has 0 aliphatic carbocycles. The van der Waals surface area contributed by atoms with Gasteiger partial charge in [0.15, 0.2) is 0 Å². The number of hydrogen-bond acceptors (Lipinski definition) is 3. The van der Waals surface area contributed by atoms with Crippen molar-refractivity contribution in [3.05, 3.63) is 29.8 Å². The summed E-state index contributed by atoms with van der Waals surface area (Å²) in [5.41, 5.74) is 1.16. The van der Waals surface area contributed by atoms with Gasteiger partial charge in [0.2, 0.25) is 0 Å². The summed E-state index contributed by atoms with van der Waals surface area (Å²) >= 11 is 0. The zero-order chi connectivity index (χ0) is 13.2. The lowest BCUT2D eigenvalue weighted by Crippen LogP contribution is -2.48. The van der Waals surface area contributed by atoms with E-state index in [9.17, 15) is 5.11 Å². The van der Waals surface area contributed by atoms with Gasteiger partial charge in [-0.3, -0.25) is 4.90 Å². The normalized spacial score (nSPS) is 17.8. The molecular formula is C15H26Cl2N2O. The van der Waals surface area contributed by atoms with Gasteiger partial charge in [-0.1, -0.05) is 39.0 Å². The Balaban J connectivity index is 0.00000180. The van der Waals surface area contributed by atoms with Crippen LogP contribution in [0.4, 0.5) is 0 Å². The number of rotatable bonds is 2. The molecule has 1 aliphatic heterocycles.